The molecule has 5 nitrogen and oxygen atoms in total. The van der Waals surface area contributed by atoms with Crippen LogP contribution in [0.2, 0.25) is 0 Å². The molecule has 0 atom stereocenters. The van der Waals surface area contributed by atoms with Gasteiger partial charge in [0.1, 0.15) is 5.01 Å². The monoisotopic (exact) mass is 321 g/mol. The highest BCUT2D eigenvalue weighted by atomic mass is 32.1. The molecule has 0 bridgehead atoms. The molecule has 0 saturated heterocycles. The van der Waals surface area contributed by atoms with E-state index >= 15 is 0 Å². The molecule has 3 aromatic rings. The number of thiazole rings is 1. The summed E-state index contributed by atoms with van der Waals surface area (Å²) < 4.78 is 31.1. The van der Waals surface area contributed by atoms with Gasteiger partial charge in [-0.15, -0.1) is 11.3 Å². The Hall–Kier alpha value is -2.61. The summed E-state index contributed by atoms with van der Waals surface area (Å²) in [6, 6.07) is 4.67. The predicted molar refractivity (Wildman–Crippen MR) is 75.1 cm³/mol. The maximum atomic E-state index is 13.2. The number of hydrogen-bond acceptors (Lipinski definition) is 5. The number of aromatic nitrogens is 2. The van der Waals surface area contributed by atoms with Gasteiger partial charge in [0.2, 0.25) is 0 Å². The van der Waals surface area contributed by atoms with Gasteiger partial charge in [0.25, 0.3) is 5.91 Å². The van der Waals surface area contributed by atoms with E-state index in [0.717, 1.165) is 17.1 Å². The minimum atomic E-state index is -0.997. The van der Waals surface area contributed by atoms with E-state index in [2.05, 4.69) is 15.5 Å². The van der Waals surface area contributed by atoms with Gasteiger partial charge < -0.3 is 9.84 Å². The van der Waals surface area contributed by atoms with Gasteiger partial charge in [-0.3, -0.25) is 4.79 Å². The second kappa shape index (κ2) is 6.02. The first-order valence-electron chi connectivity index (χ1n) is 6.22. The standard InChI is InChI=1S/C14H9F2N3O2S/c15-9-2-1-8(5-10(9)16)12-6-11(19-21-12)14(20)18-7-13-17-3-4-22-13/h1-6H,7H2,(H,18,20). The molecule has 1 N–H and O–H groups in total. The summed E-state index contributed by atoms with van der Waals surface area (Å²) in [5, 5.41) is 8.83. The molecule has 0 aliphatic carbocycles. The van der Waals surface area contributed by atoms with E-state index < -0.39 is 17.5 Å². The van der Waals surface area contributed by atoms with Crippen molar-refractivity contribution in [1.82, 2.24) is 15.5 Å². The maximum absolute atomic E-state index is 13.2. The largest absolute Gasteiger partial charge is 0.355 e. The fourth-order valence-corrected chi connectivity index (χ4v) is 2.31. The average Bonchev–Trinajstić information content (AvgIpc) is 3.18. The lowest BCUT2D eigenvalue weighted by atomic mass is 10.1. The minimum absolute atomic E-state index is 0.0521. The Labute approximate surface area is 127 Å². The lowest BCUT2D eigenvalue weighted by molar-refractivity contribution is 0.0942. The summed E-state index contributed by atoms with van der Waals surface area (Å²) in [7, 11) is 0. The van der Waals surface area contributed by atoms with Crippen LogP contribution in [0.1, 0.15) is 15.5 Å². The van der Waals surface area contributed by atoms with E-state index in [1.165, 1.54) is 23.5 Å². The Balaban J connectivity index is 1.72. The Morgan fingerprint density at radius 3 is 2.86 bits per heavy atom. The Morgan fingerprint density at radius 2 is 2.14 bits per heavy atom. The Bertz CT molecular complexity index is 802. The van der Waals surface area contributed by atoms with Crippen molar-refractivity contribution in [2.45, 2.75) is 6.54 Å². The van der Waals surface area contributed by atoms with Gasteiger partial charge >= 0.3 is 0 Å². The third-order valence-electron chi connectivity index (χ3n) is 2.83. The van der Waals surface area contributed by atoms with E-state index in [-0.39, 0.29) is 18.0 Å². The zero-order valence-corrected chi connectivity index (χ0v) is 11.9. The molecule has 0 spiro atoms. The highest BCUT2D eigenvalue weighted by Gasteiger charge is 2.15. The van der Waals surface area contributed by atoms with Crippen molar-refractivity contribution in [1.29, 1.82) is 0 Å². The van der Waals surface area contributed by atoms with Crippen LogP contribution in [0.3, 0.4) is 0 Å². The Kier molecular flexibility index (Phi) is 3.92. The van der Waals surface area contributed by atoms with Crippen molar-refractivity contribution in [3.63, 3.8) is 0 Å². The second-order valence-corrected chi connectivity index (χ2v) is 5.29. The number of carbonyl (C=O) groups excluding carboxylic acids is 1. The molecule has 22 heavy (non-hydrogen) atoms. The van der Waals surface area contributed by atoms with Crippen LogP contribution in [0, 0.1) is 11.6 Å². The maximum Gasteiger partial charge on any atom is 0.273 e. The van der Waals surface area contributed by atoms with E-state index in [9.17, 15) is 13.6 Å². The van der Waals surface area contributed by atoms with Crippen LogP contribution in [0.25, 0.3) is 11.3 Å². The molecule has 0 saturated carbocycles. The molecule has 2 heterocycles. The van der Waals surface area contributed by atoms with Crippen LogP contribution < -0.4 is 5.32 Å². The Morgan fingerprint density at radius 1 is 1.27 bits per heavy atom. The van der Waals surface area contributed by atoms with Gasteiger partial charge in [0.05, 0.1) is 6.54 Å². The average molecular weight is 321 g/mol. The summed E-state index contributed by atoms with van der Waals surface area (Å²) in [5.74, 6) is -2.21. The zero-order valence-electron chi connectivity index (χ0n) is 11.0. The summed E-state index contributed by atoms with van der Waals surface area (Å²) in [4.78, 5) is 16.0. The van der Waals surface area contributed by atoms with Gasteiger partial charge in [-0.05, 0) is 18.2 Å². The molecule has 1 aromatic carbocycles. The third kappa shape index (κ3) is 3.01. The number of benzene rings is 1. The first-order chi connectivity index (χ1) is 10.6. The van der Waals surface area contributed by atoms with Crippen LogP contribution in [0.15, 0.2) is 40.4 Å². The molecule has 1 amide bonds. The summed E-state index contributed by atoms with van der Waals surface area (Å²) in [6.45, 7) is 0.282. The first-order valence-corrected chi connectivity index (χ1v) is 7.10. The number of hydrogen-bond donors (Lipinski definition) is 1. The number of carbonyl (C=O) groups is 1. The quantitative estimate of drug-likeness (QED) is 0.802. The van der Waals surface area contributed by atoms with Gasteiger partial charge in [0, 0.05) is 23.2 Å². The summed E-state index contributed by atoms with van der Waals surface area (Å²) >= 11 is 1.42. The third-order valence-corrected chi connectivity index (χ3v) is 3.61. The molecule has 0 fully saturated rings. The van der Waals surface area contributed by atoms with Crippen LogP contribution in [0.5, 0.6) is 0 Å². The molecular weight excluding hydrogens is 312 g/mol. The van der Waals surface area contributed by atoms with E-state index in [1.807, 2.05) is 0 Å². The summed E-state index contributed by atoms with van der Waals surface area (Å²) in [5.41, 5.74) is 0.349. The molecule has 0 unspecified atom stereocenters. The minimum Gasteiger partial charge on any atom is -0.355 e. The topological polar surface area (TPSA) is 68.0 Å². The van der Waals surface area contributed by atoms with Crippen LogP contribution >= 0.6 is 11.3 Å². The fraction of sp³-hybridized carbons (Fsp3) is 0.0714. The van der Waals surface area contributed by atoms with Crippen molar-refractivity contribution in [3.05, 3.63) is 58.2 Å². The number of halogens is 2. The van der Waals surface area contributed by atoms with Crippen LogP contribution in [0.4, 0.5) is 8.78 Å². The second-order valence-electron chi connectivity index (χ2n) is 4.31. The van der Waals surface area contributed by atoms with Gasteiger partial charge in [0.15, 0.2) is 23.1 Å². The zero-order chi connectivity index (χ0) is 15.5. The lowest BCUT2D eigenvalue weighted by Gasteiger charge is -1.98. The highest BCUT2D eigenvalue weighted by molar-refractivity contribution is 7.09. The molecule has 0 aliphatic heterocycles. The predicted octanol–water partition coefficient (Wildman–Crippen LogP) is 3.01. The first kappa shape index (κ1) is 14.3. The van der Waals surface area contributed by atoms with E-state index in [4.69, 9.17) is 4.52 Å². The van der Waals surface area contributed by atoms with Gasteiger partial charge in [-0.1, -0.05) is 5.16 Å². The number of nitrogens with zero attached hydrogens (tertiary/aromatic N) is 2. The number of nitrogens with one attached hydrogen (secondary N) is 1. The van der Waals surface area contributed by atoms with Crippen LogP contribution in [-0.4, -0.2) is 16.0 Å². The van der Waals surface area contributed by atoms with Crippen molar-refractivity contribution in [2.75, 3.05) is 0 Å². The van der Waals surface area contributed by atoms with Crippen molar-refractivity contribution in [3.8, 4) is 11.3 Å². The van der Waals surface area contributed by atoms with Crippen molar-refractivity contribution < 1.29 is 18.1 Å². The summed E-state index contributed by atoms with van der Waals surface area (Å²) in [6.07, 6.45) is 1.64. The van der Waals surface area contributed by atoms with Crippen molar-refractivity contribution in [2.24, 2.45) is 0 Å². The molecule has 0 aliphatic rings. The smallest absolute Gasteiger partial charge is 0.273 e. The van der Waals surface area contributed by atoms with E-state index in [1.54, 1.807) is 11.6 Å². The normalized spacial score (nSPS) is 10.6. The molecule has 8 heteroatoms. The number of rotatable bonds is 4. The van der Waals surface area contributed by atoms with Gasteiger partial charge in [-0.25, -0.2) is 13.8 Å². The molecule has 112 valence electrons. The molecule has 3 rings (SSSR count). The fourth-order valence-electron chi connectivity index (χ4n) is 1.75. The van der Waals surface area contributed by atoms with Crippen LogP contribution in [-0.2, 0) is 6.54 Å². The van der Waals surface area contributed by atoms with Gasteiger partial charge in [-0.2, -0.15) is 0 Å². The number of amides is 1. The highest BCUT2D eigenvalue weighted by Crippen LogP contribution is 2.22. The molecular formula is C14H9F2N3O2S. The SMILES string of the molecule is O=C(NCc1nccs1)c1cc(-c2ccc(F)c(F)c2)on1. The lowest BCUT2D eigenvalue weighted by Crippen LogP contribution is -2.22. The molecule has 0 radical (unpaired) electrons. The van der Waals surface area contributed by atoms with E-state index in [0.29, 0.717) is 5.56 Å². The molecule has 2 aromatic heterocycles. The van der Waals surface area contributed by atoms with Crippen molar-refractivity contribution >= 4 is 17.2 Å².